The summed E-state index contributed by atoms with van der Waals surface area (Å²) >= 11 is 1.84. The number of aliphatic hydroxyl groups is 1. The van der Waals surface area contributed by atoms with Crippen LogP contribution in [-0.4, -0.2) is 11.2 Å². The van der Waals surface area contributed by atoms with E-state index in [4.69, 9.17) is 0 Å². The molecule has 15 heavy (non-hydrogen) atoms. The van der Waals surface area contributed by atoms with Gasteiger partial charge in [0.15, 0.2) is 0 Å². The van der Waals surface area contributed by atoms with Gasteiger partial charge in [0, 0.05) is 16.2 Å². The Hall–Kier alpha value is -0.340. The monoisotopic (exact) mass is 226 g/mol. The molecule has 86 valence electrons. The van der Waals surface area contributed by atoms with Crippen LogP contribution in [0.5, 0.6) is 0 Å². The first kappa shape index (κ1) is 12.7. The van der Waals surface area contributed by atoms with Gasteiger partial charge in [0.2, 0.25) is 0 Å². The molecule has 1 N–H and O–H groups in total. The van der Waals surface area contributed by atoms with Crippen molar-refractivity contribution in [2.75, 3.05) is 0 Å². The van der Waals surface area contributed by atoms with E-state index in [-0.39, 0.29) is 6.10 Å². The molecule has 1 aromatic heterocycles. The zero-order valence-corrected chi connectivity index (χ0v) is 10.8. The van der Waals surface area contributed by atoms with Crippen LogP contribution in [0, 0.1) is 5.92 Å². The maximum absolute atomic E-state index is 9.99. The second-order valence-corrected chi connectivity index (χ2v) is 5.51. The Morgan fingerprint density at radius 2 is 1.93 bits per heavy atom. The van der Waals surface area contributed by atoms with E-state index < -0.39 is 0 Å². The molecular formula is C13H22OS. The van der Waals surface area contributed by atoms with Crippen LogP contribution in [0.3, 0.4) is 0 Å². The van der Waals surface area contributed by atoms with Crippen LogP contribution >= 0.6 is 11.3 Å². The smallest absolute Gasteiger partial charge is 0.0613 e. The summed E-state index contributed by atoms with van der Waals surface area (Å²) in [5, 5.41) is 9.99. The molecule has 2 atom stereocenters. The van der Waals surface area contributed by atoms with Gasteiger partial charge in [-0.1, -0.05) is 27.2 Å². The maximum Gasteiger partial charge on any atom is 0.0613 e. The number of rotatable bonds is 6. The van der Waals surface area contributed by atoms with Gasteiger partial charge in [0.25, 0.3) is 0 Å². The van der Waals surface area contributed by atoms with E-state index in [0.717, 1.165) is 25.7 Å². The Morgan fingerprint density at radius 3 is 2.47 bits per heavy atom. The molecule has 0 spiro atoms. The second-order valence-electron chi connectivity index (χ2n) is 4.26. The van der Waals surface area contributed by atoms with Gasteiger partial charge in [-0.2, -0.15) is 0 Å². The first-order valence-corrected chi connectivity index (χ1v) is 6.74. The van der Waals surface area contributed by atoms with Crippen molar-refractivity contribution in [1.29, 1.82) is 0 Å². The zero-order chi connectivity index (χ0) is 11.3. The molecular weight excluding hydrogens is 204 g/mol. The summed E-state index contributed by atoms with van der Waals surface area (Å²) in [4.78, 5) is 2.74. The summed E-state index contributed by atoms with van der Waals surface area (Å²) in [6.07, 6.45) is 4.03. The lowest BCUT2D eigenvalue weighted by atomic mass is 9.97. The fraction of sp³-hybridized carbons (Fsp3) is 0.692. The van der Waals surface area contributed by atoms with Crippen molar-refractivity contribution in [3.05, 3.63) is 21.9 Å². The average Bonchev–Trinajstić information content (AvgIpc) is 2.66. The lowest BCUT2D eigenvalue weighted by Gasteiger charge is -2.17. The molecule has 0 aliphatic carbocycles. The van der Waals surface area contributed by atoms with E-state index in [1.165, 1.54) is 9.75 Å². The molecule has 0 radical (unpaired) electrons. The van der Waals surface area contributed by atoms with Gasteiger partial charge in [-0.25, -0.2) is 0 Å². The van der Waals surface area contributed by atoms with Crippen LogP contribution in [-0.2, 0) is 12.8 Å². The third-order valence-corrected chi connectivity index (χ3v) is 4.13. The molecule has 0 aromatic carbocycles. The molecule has 0 amide bonds. The lowest BCUT2D eigenvalue weighted by Crippen LogP contribution is -2.19. The van der Waals surface area contributed by atoms with Crippen LogP contribution in [0.15, 0.2) is 12.1 Å². The lowest BCUT2D eigenvalue weighted by molar-refractivity contribution is 0.112. The van der Waals surface area contributed by atoms with Crippen LogP contribution in [0.25, 0.3) is 0 Å². The van der Waals surface area contributed by atoms with Gasteiger partial charge < -0.3 is 5.11 Å². The van der Waals surface area contributed by atoms with Gasteiger partial charge in [-0.3, -0.25) is 0 Å². The number of hydrogen-bond donors (Lipinski definition) is 1. The van der Waals surface area contributed by atoms with Gasteiger partial charge in [-0.05, 0) is 30.9 Å². The Balaban J connectivity index is 2.46. The number of thiophene rings is 1. The van der Waals surface area contributed by atoms with Crippen molar-refractivity contribution in [2.45, 2.75) is 52.6 Å². The molecule has 0 bridgehead atoms. The van der Waals surface area contributed by atoms with Crippen molar-refractivity contribution >= 4 is 11.3 Å². The highest BCUT2D eigenvalue weighted by molar-refractivity contribution is 7.11. The fourth-order valence-corrected chi connectivity index (χ4v) is 2.78. The minimum Gasteiger partial charge on any atom is -0.392 e. The predicted octanol–water partition coefficient (Wildman–Crippen LogP) is 3.65. The summed E-state index contributed by atoms with van der Waals surface area (Å²) in [5.74, 6) is 0.419. The largest absolute Gasteiger partial charge is 0.392 e. The van der Waals surface area contributed by atoms with Crippen LogP contribution in [0.2, 0.25) is 0 Å². The molecule has 1 aromatic rings. The predicted molar refractivity (Wildman–Crippen MR) is 67.5 cm³/mol. The van der Waals surface area contributed by atoms with E-state index in [0.29, 0.717) is 5.92 Å². The van der Waals surface area contributed by atoms with Crippen LogP contribution < -0.4 is 0 Å². The quantitative estimate of drug-likeness (QED) is 0.785. The van der Waals surface area contributed by atoms with Crippen molar-refractivity contribution in [2.24, 2.45) is 5.92 Å². The minimum atomic E-state index is -0.173. The SMILES string of the molecule is CCCC(C)C(O)Cc1ccc(CC)s1. The van der Waals surface area contributed by atoms with E-state index in [9.17, 15) is 5.11 Å². The molecule has 0 saturated heterocycles. The number of hydrogen-bond acceptors (Lipinski definition) is 2. The number of aryl methyl sites for hydroxylation is 1. The Bertz CT molecular complexity index is 280. The molecule has 2 unspecified atom stereocenters. The Morgan fingerprint density at radius 1 is 1.27 bits per heavy atom. The normalized spacial score (nSPS) is 15.2. The molecule has 2 heteroatoms. The third kappa shape index (κ3) is 3.96. The molecule has 0 aliphatic heterocycles. The Kier molecular flexibility index (Phi) is 5.34. The van der Waals surface area contributed by atoms with Gasteiger partial charge in [0.1, 0.15) is 0 Å². The van der Waals surface area contributed by atoms with Gasteiger partial charge in [-0.15, -0.1) is 11.3 Å². The molecule has 1 heterocycles. The van der Waals surface area contributed by atoms with Crippen molar-refractivity contribution in [3.8, 4) is 0 Å². The van der Waals surface area contributed by atoms with Crippen molar-refractivity contribution in [3.63, 3.8) is 0 Å². The second kappa shape index (κ2) is 6.29. The fourth-order valence-electron chi connectivity index (χ4n) is 1.78. The summed E-state index contributed by atoms with van der Waals surface area (Å²) in [7, 11) is 0. The summed E-state index contributed by atoms with van der Waals surface area (Å²) < 4.78 is 0. The molecule has 0 fully saturated rings. The van der Waals surface area contributed by atoms with E-state index in [2.05, 4.69) is 32.9 Å². The molecule has 1 rings (SSSR count). The maximum atomic E-state index is 9.99. The van der Waals surface area contributed by atoms with E-state index in [1.54, 1.807) is 0 Å². The highest BCUT2D eigenvalue weighted by Gasteiger charge is 2.14. The van der Waals surface area contributed by atoms with Crippen LogP contribution in [0.4, 0.5) is 0 Å². The van der Waals surface area contributed by atoms with Crippen LogP contribution in [0.1, 0.15) is 43.4 Å². The first-order chi connectivity index (χ1) is 7.17. The van der Waals surface area contributed by atoms with Crippen molar-refractivity contribution < 1.29 is 5.11 Å². The van der Waals surface area contributed by atoms with E-state index in [1.807, 2.05) is 11.3 Å². The van der Waals surface area contributed by atoms with Gasteiger partial charge >= 0.3 is 0 Å². The Labute approximate surface area is 97.2 Å². The topological polar surface area (TPSA) is 20.2 Å². The summed E-state index contributed by atoms with van der Waals surface area (Å²) in [5.41, 5.74) is 0. The standard InChI is InChI=1S/C13H22OS/c1-4-6-10(3)13(14)9-12-8-7-11(5-2)15-12/h7-8,10,13-14H,4-6,9H2,1-3H3. The average molecular weight is 226 g/mol. The zero-order valence-electron chi connectivity index (χ0n) is 9.99. The van der Waals surface area contributed by atoms with E-state index >= 15 is 0 Å². The number of aliphatic hydroxyl groups excluding tert-OH is 1. The molecule has 0 aliphatic rings. The first-order valence-electron chi connectivity index (χ1n) is 5.93. The highest BCUT2D eigenvalue weighted by atomic mass is 32.1. The third-order valence-electron chi connectivity index (χ3n) is 2.88. The molecule has 1 nitrogen and oxygen atoms in total. The van der Waals surface area contributed by atoms with Crippen molar-refractivity contribution in [1.82, 2.24) is 0 Å². The minimum absolute atomic E-state index is 0.173. The highest BCUT2D eigenvalue weighted by Crippen LogP contribution is 2.21. The summed E-state index contributed by atoms with van der Waals surface area (Å²) in [6, 6.07) is 4.34. The summed E-state index contributed by atoms with van der Waals surface area (Å²) in [6.45, 7) is 6.48. The van der Waals surface area contributed by atoms with Gasteiger partial charge in [0.05, 0.1) is 6.10 Å². The molecule has 0 saturated carbocycles.